The fourth-order valence-electron chi connectivity index (χ4n) is 4.08. The molecule has 5 aromatic rings. The zero-order valence-corrected chi connectivity index (χ0v) is 22.1. The zero-order chi connectivity index (χ0) is 29.1. The molecule has 0 atom stereocenters. The van der Waals surface area contributed by atoms with Crippen molar-refractivity contribution < 1.29 is 22.8 Å². The number of benzene rings is 2. The van der Waals surface area contributed by atoms with Crippen LogP contribution in [0.5, 0.6) is 0 Å². The Morgan fingerprint density at radius 3 is 2.34 bits per heavy atom. The van der Waals surface area contributed by atoms with E-state index in [1.165, 1.54) is 6.07 Å². The summed E-state index contributed by atoms with van der Waals surface area (Å²) >= 11 is 0.637. The maximum atomic E-state index is 13.0. The zero-order valence-electron chi connectivity index (χ0n) is 21.3. The molecule has 0 bridgehead atoms. The largest absolute Gasteiger partial charge is 0.425 e. The van der Waals surface area contributed by atoms with Crippen molar-refractivity contribution in [1.29, 1.82) is 0 Å². The van der Waals surface area contributed by atoms with Crippen LogP contribution in [-0.2, 0) is 25.7 Å². The highest BCUT2D eigenvalue weighted by Gasteiger charge is 2.32. The van der Waals surface area contributed by atoms with Crippen molar-refractivity contribution in [2.75, 3.05) is 0 Å². The van der Waals surface area contributed by atoms with Gasteiger partial charge in [-0.25, -0.2) is 19.9 Å². The van der Waals surface area contributed by atoms with E-state index in [2.05, 4.69) is 36.1 Å². The van der Waals surface area contributed by atoms with Crippen LogP contribution in [0.1, 0.15) is 49.5 Å². The van der Waals surface area contributed by atoms with Crippen LogP contribution in [0, 0.1) is 0 Å². The van der Waals surface area contributed by atoms with E-state index >= 15 is 0 Å². The minimum atomic E-state index is -4.42. The van der Waals surface area contributed by atoms with Gasteiger partial charge < -0.3 is 10.6 Å². The standard InChI is InChI=1S/C26H21F3N8O3S/c1-2-15-8-18(37-25(40)34-35-36-37)6-5-17(15)12-31-24(39)20-10-19(32-13-33-20)23(38)30-11-14-3-4-16-9-22(26(27,28)29)41-21(16)7-14/h3-10,13H,2,11-12H2,1H3,(H,30,38)(H,31,39)(H,34,36,40). The summed E-state index contributed by atoms with van der Waals surface area (Å²) in [5, 5.41) is 15.3. The van der Waals surface area contributed by atoms with Crippen LogP contribution in [-0.4, -0.2) is 42.0 Å². The molecule has 0 unspecified atom stereocenters. The average molecular weight is 583 g/mol. The minimum Gasteiger partial charge on any atom is -0.347 e. The molecule has 0 aliphatic carbocycles. The number of aryl methyl sites for hydroxylation is 1. The summed E-state index contributed by atoms with van der Waals surface area (Å²) in [4.78, 5) is 44.5. The molecule has 3 N–H and O–H groups in total. The van der Waals surface area contributed by atoms with Gasteiger partial charge in [0, 0.05) is 23.9 Å². The second kappa shape index (κ2) is 11.3. The van der Waals surface area contributed by atoms with E-state index in [0.717, 1.165) is 28.2 Å². The number of aromatic nitrogens is 6. The Morgan fingerprint density at radius 1 is 0.951 bits per heavy atom. The number of thiophene rings is 1. The lowest BCUT2D eigenvalue weighted by Gasteiger charge is -2.11. The van der Waals surface area contributed by atoms with E-state index in [1.807, 2.05) is 6.92 Å². The van der Waals surface area contributed by atoms with Gasteiger partial charge in [0.25, 0.3) is 11.8 Å². The summed E-state index contributed by atoms with van der Waals surface area (Å²) in [6.45, 7) is 2.15. The summed E-state index contributed by atoms with van der Waals surface area (Å²) in [5.41, 5.74) is 2.31. The number of halogens is 3. The van der Waals surface area contributed by atoms with E-state index in [-0.39, 0.29) is 24.5 Å². The third-order valence-electron chi connectivity index (χ3n) is 6.18. The number of carbonyl (C=O) groups is 2. The first-order valence-corrected chi connectivity index (χ1v) is 13.0. The predicted molar refractivity (Wildman–Crippen MR) is 143 cm³/mol. The first-order chi connectivity index (χ1) is 19.6. The molecule has 2 aromatic carbocycles. The fourth-order valence-corrected chi connectivity index (χ4v) is 5.08. The molecule has 2 amide bonds. The van der Waals surface area contributed by atoms with Gasteiger partial charge in [0.1, 0.15) is 22.6 Å². The van der Waals surface area contributed by atoms with E-state index in [9.17, 15) is 27.6 Å². The number of tetrazole rings is 1. The number of rotatable bonds is 8. The van der Waals surface area contributed by atoms with Crippen LogP contribution in [0.3, 0.4) is 0 Å². The summed E-state index contributed by atoms with van der Waals surface area (Å²) in [6.07, 6.45) is -2.69. The van der Waals surface area contributed by atoms with Gasteiger partial charge in [0.2, 0.25) is 0 Å². The lowest BCUT2D eigenvalue weighted by molar-refractivity contribution is -0.134. The normalized spacial score (nSPS) is 11.5. The van der Waals surface area contributed by atoms with Gasteiger partial charge in [-0.3, -0.25) is 9.59 Å². The number of hydrogen-bond acceptors (Lipinski definition) is 8. The molecule has 0 spiro atoms. The van der Waals surface area contributed by atoms with Crippen molar-refractivity contribution in [2.45, 2.75) is 32.6 Å². The van der Waals surface area contributed by atoms with Crippen molar-refractivity contribution in [3.05, 3.63) is 98.3 Å². The van der Waals surface area contributed by atoms with Gasteiger partial charge in [-0.1, -0.05) is 25.1 Å². The average Bonchev–Trinajstić information content (AvgIpc) is 3.60. The Hall–Kier alpha value is -4.92. The number of fused-ring (bicyclic) bond motifs is 1. The van der Waals surface area contributed by atoms with Gasteiger partial charge in [0.05, 0.1) is 5.69 Å². The molecule has 3 aromatic heterocycles. The highest BCUT2D eigenvalue weighted by atomic mass is 32.1. The maximum Gasteiger partial charge on any atom is 0.425 e. The monoisotopic (exact) mass is 582 g/mol. The van der Waals surface area contributed by atoms with Crippen molar-refractivity contribution in [3.63, 3.8) is 0 Å². The van der Waals surface area contributed by atoms with E-state index < -0.39 is 28.6 Å². The molecular formula is C26H21F3N8O3S. The van der Waals surface area contributed by atoms with E-state index in [4.69, 9.17) is 0 Å². The number of aromatic amines is 1. The Morgan fingerprint density at radius 2 is 1.68 bits per heavy atom. The molecular weight excluding hydrogens is 561 g/mol. The smallest absolute Gasteiger partial charge is 0.347 e. The fraction of sp³-hybridized carbons (Fsp3) is 0.192. The number of H-pyrrole nitrogens is 1. The third kappa shape index (κ3) is 6.14. The maximum absolute atomic E-state index is 13.0. The highest BCUT2D eigenvalue weighted by Crippen LogP contribution is 2.38. The van der Waals surface area contributed by atoms with Crippen molar-refractivity contribution >= 4 is 33.2 Å². The number of hydrogen-bond donors (Lipinski definition) is 3. The molecule has 15 heteroatoms. The van der Waals surface area contributed by atoms with Crippen LogP contribution >= 0.6 is 11.3 Å². The molecule has 0 radical (unpaired) electrons. The molecule has 0 aliphatic rings. The van der Waals surface area contributed by atoms with Crippen LogP contribution in [0.25, 0.3) is 15.8 Å². The lowest BCUT2D eigenvalue weighted by Crippen LogP contribution is -2.27. The first-order valence-electron chi connectivity index (χ1n) is 12.2. The molecule has 0 saturated carbocycles. The number of carbonyl (C=O) groups excluding carboxylic acids is 2. The SMILES string of the molecule is CCc1cc(-n2nn[nH]c2=O)ccc1CNC(=O)c1cc(C(=O)NCc2ccc3cc(C(F)(F)F)sc3c2)ncn1. The van der Waals surface area contributed by atoms with Gasteiger partial charge in [-0.2, -0.15) is 17.9 Å². The quantitative estimate of drug-likeness (QED) is 0.254. The summed E-state index contributed by atoms with van der Waals surface area (Å²) < 4.78 is 40.6. The van der Waals surface area contributed by atoms with Crippen LogP contribution in [0.15, 0.2) is 59.7 Å². The second-order valence-corrected chi connectivity index (χ2v) is 9.94. The van der Waals surface area contributed by atoms with Gasteiger partial charge in [0.15, 0.2) is 0 Å². The van der Waals surface area contributed by atoms with Gasteiger partial charge in [-0.15, -0.1) is 11.3 Å². The molecule has 0 saturated heterocycles. The summed E-state index contributed by atoms with van der Waals surface area (Å²) in [6, 6.07) is 12.4. The van der Waals surface area contributed by atoms with Crippen LogP contribution in [0.2, 0.25) is 0 Å². The molecule has 3 heterocycles. The van der Waals surface area contributed by atoms with Crippen LogP contribution in [0.4, 0.5) is 13.2 Å². The molecule has 41 heavy (non-hydrogen) atoms. The summed E-state index contributed by atoms with van der Waals surface area (Å²) in [5.74, 6) is -1.10. The first kappa shape index (κ1) is 27.6. The third-order valence-corrected chi connectivity index (χ3v) is 7.32. The molecule has 0 aliphatic heterocycles. The van der Waals surface area contributed by atoms with Crippen molar-refractivity contribution in [1.82, 2.24) is 40.8 Å². The number of nitrogens with one attached hydrogen (secondary N) is 3. The highest BCUT2D eigenvalue weighted by molar-refractivity contribution is 7.19. The van der Waals surface area contributed by atoms with E-state index in [1.54, 1.807) is 36.4 Å². The molecule has 11 nitrogen and oxygen atoms in total. The Balaban J connectivity index is 1.22. The predicted octanol–water partition coefficient (Wildman–Crippen LogP) is 3.40. The summed E-state index contributed by atoms with van der Waals surface area (Å²) in [7, 11) is 0. The van der Waals surface area contributed by atoms with Crippen molar-refractivity contribution in [3.8, 4) is 5.69 Å². The minimum absolute atomic E-state index is 0.0198. The van der Waals surface area contributed by atoms with Crippen LogP contribution < -0.4 is 16.3 Å². The van der Waals surface area contributed by atoms with Gasteiger partial charge in [-0.05, 0) is 63.2 Å². The molecule has 0 fully saturated rings. The Labute approximate surface area is 233 Å². The van der Waals surface area contributed by atoms with Crippen molar-refractivity contribution in [2.24, 2.45) is 0 Å². The van der Waals surface area contributed by atoms with E-state index in [0.29, 0.717) is 39.1 Å². The topological polar surface area (TPSA) is 148 Å². The number of amides is 2. The second-order valence-electron chi connectivity index (χ2n) is 8.86. The van der Waals surface area contributed by atoms with Gasteiger partial charge >= 0.3 is 11.9 Å². The molecule has 210 valence electrons. The molecule has 5 rings (SSSR count). The lowest BCUT2D eigenvalue weighted by atomic mass is 10.0. The number of nitrogens with zero attached hydrogens (tertiary/aromatic N) is 5. The number of alkyl halides is 3. The Kier molecular flexibility index (Phi) is 7.61. The Bertz CT molecular complexity index is 1810.